The first-order chi connectivity index (χ1) is 19.1. The summed E-state index contributed by atoms with van der Waals surface area (Å²) < 4.78 is 13.3. The summed E-state index contributed by atoms with van der Waals surface area (Å²) in [5.41, 5.74) is 24.6. The van der Waals surface area contributed by atoms with Gasteiger partial charge in [0, 0.05) is 6.42 Å². The van der Waals surface area contributed by atoms with Gasteiger partial charge in [-0.1, -0.05) is 56.4 Å². The molecular weight excluding hydrogens is 513 g/mol. The van der Waals surface area contributed by atoms with Crippen LogP contribution in [0.3, 0.4) is 0 Å². The number of primary amides is 1. The number of halogens is 1. The van der Waals surface area contributed by atoms with Crippen molar-refractivity contribution in [1.29, 1.82) is 0 Å². The number of carbonyl (C=O) groups excluding carboxylic acids is 3. The third kappa shape index (κ3) is 9.96. The SMILES string of the molecule is NC(=O)C(Cc1ccc(F)cc1)NC(=O)[C@H](CCC1CCCCC1)NC(=O)[C@@H](N)Cc1ccc(N=C(N)N)cc1. The minimum absolute atomic E-state index is 0.0578. The maximum absolute atomic E-state index is 13.3. The van der Waals surface area contributed by atoms with Gasteiger partial charge in [-0.3, -0.25) is 14.4 Å². The minimum Gasteiger partial charge on any atom is -0.370 e. The van der Waals surface area contributed by atoms with Gasteiger partial charge in [-0.2, -0.15) is 0 Å². The first kappa shape index (κ1) is 30.6. The summed E-state index contributed by atoms with van der Waals surface area (Å²) in [7, 11) is 0. The van der Waals surface area contributed by atoms with Gasteiger partial charge >= 0.3 is 0 Å². The van der Waals surface area contributed by atoms with E-state index in [9.17, 15) is 18.8 Å². The van der Waals surface area contributed by atoms with Crippen LogP contribution in [-0.2, 0) is 27.2 Å². The molecule has 0 heterocycles. The third-order valence-electron chi connectivity index (χ3n) is 7.22. The van der Waals surface area contributed by atoms with E-state index in [1.165, 1.54) is 30.7 Å². The molecule has 0 bridgehead atoms. The topological polar surface area (TPSA) is 192 Å². The largest absolute Gasteiger partial charge is 0.370 e. The van der Waals surface area contributed by atoms with Crippen molar-refractivity contribution >= 4 is 29.4 Å². The van der Waals surface area contributed by atoms with Crippen molar-refractivity contribution in [2.45, 2.75) is 75.9 Å². The van der Waals surface area contributed by atoms with E-state index < -0.39 is 41.7 Å². The van der Waals surface area contributed by atoms with Crippen LogP contribution in [-0.4, -0.2) is 41.8 Å². The van der Waals surface area contributed by atoms with Crippen LogP contribution in [0.1, 0.15) is 56.1 Å². The Balaban J connectivity index is 1.67. The van der Waals surface area contributed by atoms with Crippen molar-refractivity contribution in [3.8, 4) is 0 Å². The summed E-state index contributed by atoms with van der Waals surface area (Å²) in [6, 6.07) is 9.76. The van der Waals surface area contributed by atoms with Crippen LogP contribution >= 0.6 is 0 Å². The van der Waals surface area contributed by atoms with Gasteiger partial charge in [0.05, 0.1) is 11.7 Å². The molecule has 10 N–H and O–H groups in total. The zero-order valence-electron chi connectivity index (χ0n) is 22.7. The Morgan fingerprint density at radius 3 is 2.00 bits per heavy atom. The van der Waals surface area contributed by atoms with E-state index in [2.05, 4.69) is 15.6 Å². The van der Waals surface area contributed by atoms with Crippen LogP contribution in [0, 0.1) is 11.7 Å². The van der Waals surface area contributed by atoms with Gasteiger partial charge in [0.25, 0.3) is 0 Å². The van der Waals surface area contributed by atoms with Crippen LogP contribution in [0.25, 0.3) is 0 Å². The van der Waals surface area contributed by atoms with E-state index in [1.54, 1.807) is 24.3 Å². The molecule has 0 spiro atoms. The molecule has 1 aliphatic carbocycles. The van der Waals surface area contributed by atoms with Gasteiger partial charge in [-0.25, -0.2) is 9.38 Å². The lowest BCUT2D eigenvalue weighted by atomic mass is 9.85. The van der Waals surface area contributed by atoms with Crippen molar-refractivity contribution < 1.29 is 18.8 Å². The molecule has 40 heavy (non-hydrogen) atoms. The quantitative estimate of drug-likeness (QED) is 0.161. The van der Waals surface area contributed by atoms with Gasteiger partial charge < -0.3 is 33.6 Å². The third-order valence-corrected chi connectivity index (χ3v) is 7.22. The maximum atomic E-state index is 13.3. The summed E-state index contributed by atoms with van der Waals surface area (Å²) in [6.45, 7) is 0. The second-order valence-electron chi connectivity index (χ2n) is 10.5. The lowest BCUT2D eigenvalue weighted by molar-refractivity contribution is -0.132. The fraction of sp³-hybridized carbons (Fsp3) is 0.448. The molecule has 0 radical (unpaired) electrons. The zero-order chi connectivity index (χ0) is 29.1. The fourth-order valence-electron chi connectivity index (χ4n) is 4.98. The molecule has 0 aromatic heterocycles. The lowest BCUT2D eigenvalue weighted by Crippen LogP contribution is -2.56. The molecule has 216 valence electrons. The Hall–Kier alpha value is -3.99. The lowest BCUT2D eigenvalue weighted by Gasteiger charge is -2.26. The Bertz CT molecular complexity index is 1160. The van der Waals surface area contributed by atoms with Crippen molar-refractivity contribution in [3.63, 3.8) is 0 Å². The van der Waals surface area contributed by atoms with E-state index in [0.29, 0.717) is 23.6 Å². The molecule has 2 aromatic carbocycles. The highest BCUT2D eigenvalue weighted by molar-refractivity contribution is 5.92. The molecular formula is C29H40FN7O3. The van der Waals surface area contributed by atoms with Crippen molar-refractivity contribution in [1.82, 2.24) is 10.6 Å². The van der Waals surface area contributed by atoms with Gasteiger partial charge in [-0.05, 0) is 60.6 Å². The minimum atomic E-state index is -1.02. The van der Waals surface area contributed by atoms with E-state index in [-0.39, 0.29) is 18.8 Å². The second-order valence-corrected chi connectivity index (χ2v) is 10.5. The van der Waals surface area contributed by atoms with Crippen LogP contribution in [0.4, 0.5) is 10.1 Å². The van der Waals surface area contributed by atoms with Crippen LogP contribution in [0.5, 0.6) is 0 Å². The average molecular weight is 554 g/mol. The number of benzene rings is 2. The van der Waals surface area contributed by atoms with E-state index >= 15 is 0 Å². The second kappa shape index (κ2) is 15.0. The first-order valence-corrected chi connectivity index (χ1v) is 13.7. The number of carbonyl (C=O) groups is 3. The Morgan fingerprint density at radius 2 is 1.40 bits per heavy atom. The summed E-state index contributed by atoms with van der Waals surface area (Å²) >= 11 is 0. The highest BCUT2D eigenvalue weighted by Crippen LogP contribution is 2.28. The molecule has 3 rings (SSSR count). The number of hydrogen-bond acceptors (Lipinski definition) is 5. The summed E-state index contributed by atoms with van der Waals surface area (Å²) in [4.78, 5) is 42.5. The highest BCUT2D eigenvalue weighted by Gasteiger charge is 2.28. The summed E-state index contributed by atoms with van der Waals surface area (Å²) in [5, 5.41) is 5.48. The monoisotopic (exact) mass is 553 g/mol. The van der Waals surface area contributed by atoms with Crippen molar-refractivity contribution in [2.24, 2.45) is 33.8 Å². The Labute approximate surface area is 234 Å². The smallest absolute Gasteiger partial charge is 0.243 e. The molecule has 10 nitrogen and oxygen atoms in total. The predicted molar refractivity (Wildman–Crippen MR) is 153 cm³/mol. The van der Waals surface area contributed by atoms with E-state index in [1.807, 2.05) is 0 Å². The first-order valence-electron chi connectivity index (χ1n) is 13.7. The zero-order valence-corrected chi connectivity index (χ0v) is 22.7. The number of amides is 3. The molecule has 3 atom stereocenters. The van der Waals surface area contributed by atoms with Gasteiger partial charge in [-0.15, -0.1) is 0 Å². The van der Waals surface area contributed by atoms with Gasteiger partial charge in [0.1, 0.15) is 17.9 Å². The van der Waals surface area contributed by atoms with Gasteiger partial charge in [0.2, 0.25) is 17.7 Å². The van der Waals surface area contributed by atoms with E-state index in [4.69, 9.17) is 22.9 Å². The molecule has 1 unspecified atom stereocenters. The molecule has 0 aliphatic heterocycles. The number of aliphatic imine (C=N–C) groups is 1. The number of guanidine groups is 1. The number of nitrogens with one attached hydrogen (secondary N) is 2. The fourth-order valence-corrected chi connectivity index (χ4v) is 4.98. The summed E-state index contributed by atoms with van der Waals surface area (Å²) in [5.74, 6) is -1.71. The highest BCUT2D eigenvalue weighted by atomic mass is 19.1. The van der Waals surface area contributed by atoms with Crippen molar-refractivity contribution in [3.05, 3.63) is 65.5 Å². The van der Waals surface area contributed by atoms with Crippen LogP contribution in [0.2, 0.25) is 0 Å². The number of rotatable bonds is 13. The molecule has 1 saturated carbocycles. The normalized spacial score (nSPS) is 15.8. The molecule has 2 aromatic rings. The van der Waals surface area contributed by atoms with E-state index in [0.717, 1.165) is 37.7 Å². The Kier molecular flexibility index (Phi) is 11.4. The average Bonchev–Trinajstić information content (AvgIpc) is 2.92. The molecule has 11 heteroatoms. The van der Waals surface area contributed by atoms with Crippen LogP contribution in [0.15, 0.2) is 53.5 Å². The number of nitrogens with zero attached hydrogens (tertiary/aromatic N) is 1. The Morgan fingerprint density at radius 1 is 0.825 bits per heavy atom. The molecule has 1 fully saturated rings. The number of hydrogen-bond donors (Lipinski definition) is 6. The predicted octanol–water partition coefficient (Wildman–Crippen LogP) is 1.66. The molecule has 0 saturated heterocycles. The molecule has 1 aliphatic rings. The molecule has 3 amide bonds. The standard InChI is InChI=1S/C29H40FN7O3/c30-21-11-6-20(7-12-21)17-25(26(32)38)37-28(40)24(15-10-18-4-2-1-3-5-18)36-27(39)23(31)16-19-8-13-22(14-9-19)35-29(33)34/h6-9,11-14,18,23-25H,1-5,10,15-17,31H2,(H2,32,38)(H,36,39)(H,37,40)(H4,33,34,35)/t23-,24-,25?/m0/s1. The van der Waals surface area contributed by atoms with Crippen LogP contribution < -0.4 is 33.6 Å². The summed E-state index contributed by atoms with van der Waals surface area (Å²) in [6.07, 6.45) is 7.20. The van der Waals surface area contributed by atoms with Crippen molar-refractivity contribution in [2.75, 3.05) is 0 Å². The maximum Gasteiger partial charge on any atom is 0.243 e. The van der Waals surface area contributed by atoms with Gasteiger partial charge in [0.15, 0.2) is 5.96 Å². The number of nitrogens with two attached hydrogens (primary N) is 4.